The SMILES string of the molecule is CCCCCC1OC1C/C=C\CCCCCCCC(=O)O[C@H](COC(=O)CCCCCCCCCCCCCCCCC(C)C)COP(=O)(O)O. The average molecular weight is 745 g/mol. The Labute approximate surface area is 312 Å². The zero-order chi connectivity index (χ0) is 37.4. The summed E-state index contributed by atoms with van der Waals surface area (Å²) in [6.07, 6.45) is 35.3. The zero-order valence-corrected chi connectivity index (χ0v) is 33.8. The number of phosphoric ester groups is 1. The van der Waals surface area contributed by atoms with Crippen molar-refractivity contribution in [1.29, 1.82) is 0 Å². The molecule has 0 aromatic heterocycles. The van der Waals surface area contributed by atoms with Gasteiger partial charge in [-0.25, -0.2) is 4.57 Å². The molecule has 300 valence electrons. The second-order valence-electron chi connectivity index (χ2n) is 15.2. The lowest BCUT2D eigenvalue weighted by molar-refractivity contribution is -0.161. The maximum atomic E-state index is 12.4. The fourth-order valence-electron chi connectivity index (χ4n) is 6.39. The number of hydrogen-bond donors (Lipinski definition) is 2. The van der Waals surface area contributed by atoms with Crippen LogP contribution in [0.1, 0.15) is 201 Å². The van der Waals surface area contributed by atoms with Gasteiger partial charge >= 0.3 is 19.8 Å². The molecule has 0 saturated carbocycles. The van der Waals surface area contributed by atoms with Crippen LogP contribution >= 0.6 is 7.82 Å². The van der Waals surface area contributed by atoms with Crippen LogP contribution in [0, 0.1) is 5.92 Å². The van der Waals surface area contributed by atoms with E-state index in [1.165, 1.54) is 103 Å². The van der Waals surface area contributed by atoms with E-state index in [4.69, 9.17) is 24.0 Å². The van der Waals surface area contributed by atoms with E-state index < -0.39 is 32.5 Å². The van der Waals surface area contributed by atoms with Gasteiger partial charge in [-0.1, -0.05) is 161 Å². The summed E-state index contributed by atoms with van der Waals surface area (Å²) >= 11 is 0. The minimum Gasteiger partial charge on any atom is -0.462 e. The first-order valence-electron chi connectivity index (χ1n) is 21.0. The van der Waals surface area contributed by atoms with Gasteiger partial charge < -0.3 is 24.0 Å². The second-order valence-corrected chi connectivity index (χ2v) is 16.4. The van der Waals surface area contributed by atoms with Gasteiger partial charge in [-0.2, -0.15) is 0 Å². The maximum absolute atomic E-state index is 12.4. The van der Waals surface area contributed by atoms with Crippen LogP contribution in [-0.2, 0) is 32.9 Å². The minimum absolute atomic E-state index is 0.194. The first kappa shape index (κ1) is 47.8. The van der Waals surface area contributed by atoms with Crippen molar-refractivity contribution in [2.24, 2.45) is 5.92 Å². The number of ether oxygens (including phenoxy) is 3. The summed E-state index contributed by atoms with van der Waals surface area (Å²) in [5, 5.41) is 0. The fourth-order valence-corrected chi connectivity index (χ4v) is 6.75. The van der Waals surface area contributed by atoms with Crippen molar-refractivity contribution >= 4 is 19.8 Å². The van der Waals surface area contributed by atoms with E-state index >= 15 is 0 Å². The van der Waals surface area contributed by atoms with Crippen LogP contribution in [0.5, 0.6) is 0 Å². The highest BCUT2D eigenvalue weighted by Crippen LogP contribution is 2.36. The Kier molecular flexibility index (Phi) is 30.2. The van der Waals surface area contributed by atoms with Crippen molar-refractivity contribution in [3.8, 4) is 0 Å². The molecule has 3 atom stereocenters. The number of epoxide rings is 1. The molecular weight excluding hydrogens is 667 g/mol. The third-order valence-corrected chi connectivity index (χ3v) is 10.1. The van der Waals surface area contributed by atoms with E-state index in [-0.39, 0.29) is 19.4 Å². The second kappa shape index (κ2) is 32.2. The molecule has 1 fully saturated rings. The van der Waals surface area contributed by atoms with E-state index in [0.717, 1.165) is 63.7 Å². The maximum Gasteiger partial charge on any atom is 0.469 e. The molecule has 0 bridgehead atoms. The number of carbonyl (C=O) groups is 2. The van der Waals surface area contributed by atoms with Crippen LogP contribution in [0.4, 0.5) is 0 Å². The topological polar surface area (TPSA) is 132 Å². The molecule has 1 heterocycles. The van der Waals surface area contributed by atoms with Crippen LogP contribution in [-0.4, -0.2) is 53.3 Å². The normalized spacial score (nSPS) is 16.6. The van der Waals surface area contributed by atoms with Gasteiger partial charge in [0.25, 0.3) is 0 Å². The first-order chi connectivity index (χ1) is 24.6. The fraction of sp³-hybridized carbons (Fsp3) is 0.902. The van der Waals surface area contributed by atoms with Gasteiger partial charge in [0.15, 0.2) is 6.10 Å². The summed E-state index contributed by atoms with van der Waals surface area (Å²) in [5.41, 5.74) is 0. The van der Waals surface area contributed by atoms with Crippen molar-refractivity contribution in [2.75, 3.05) is 13.2 Å². The zero-order valence-electron chi connectivity index (χ0n) is 32.9. The van der Waals surface area contributed by atoms with Crippen LogP contribution in [0.15, 0.2) is 12.2 Å². The standard InChI is InChI=1S/C41H77O9P/c1-4-5-24-30-38-39(50-38)31-26-21-17-14-15-19-23-28-33-41(43)49-37(35-48-51(44,45)46)34-47-40(42)32-27-22-18-13-11-9-7-6-8-10-12-16-20-25-29-36(2)3/h21,26,36-39H,4-20,22-25,27-35H2,1-3H3,(H2,44,45,46)/b26-21-/t37-,38?,39?/m1/s1. The van der Waals surface area contributed by atoms with Crippen LogP contribution < -0.4 is 0 Å². The Hall–Kier alpha value is -1.25. The highest BCUT2D eigenvalue weighted by atomic mass is 31.2. The Morgan fingerprint density at radius 1 is 0.667 bits per heavy atom. The molecule has 0 aromatic carbocycles. The number of hydrogen-bond acceptors (Lipinski definition) is 7. The summed E-state index contributed by atoms with van der Waals surface area (Å²) in [6.45, 7) is 6.00. The Morgan fingerprint density at radius 2 is 1.20 bits per heavy atom. The Balaban J connectivity index is 2.04. The summed E-state index contributed by atoms with van der Waals surface area (Å²) < 4.78 is 32.1. The van der Waals surface area contributed by atoms with Crippen molar-refractivity contribution in [3.05, 3.63) is 12.2 Å². The van der Waals surface area contributed by atoms with Gasteiger partial charge in [-0.05, 0) is 44.4 Å². The monoisotopic (exact) mass is 745 g/mol. The lowest BCUT2D eigenvalue weighted by Gasteiger charge is -2.18. The largest absolute Gasteiger partial charge is 0.469 e. The van der Waals surface area contributed by atoms with Gasteiger partial charge in [0, 0.05) is 12.8 Å². The Morgan fingerprint density at radius 3 is 1.75 bits per heavy atom. The van der Waals surface area contributed by atoms with Crippen LogP contribution in [0.25, 0.3) is 0 Å². The molecule has 0 radical (unpaired) electrons. The first-order valence-corrected chi connectivity index (χ1v) is 22.5. The summed E-state index contributed by atoms with van der Waals surface area (Å²) in [5.74, 6) is -0.0670. The third kappa shape index (κ3) is 33.1. The molecule has 1 aliphatic rings. The number of esters is 2. The quantitative estimate of drug-likeness (QED) is 0.0210. The molecule has 2 N–H and O–H groups in total. The highest BCUT2D eigenvalue weighted by molar-refractivity contribution is 7.46. The molecular formula is C41H77O9P. The Bertz CT molecular complexity index is 919. The van der Waals surface area contributed by atoms with Crippen molar-refractivity contribution in [2.45, 2.75) is 219 Å². The number of carbonyl (C=O) groups excluding carboxylic acids is 2. The van der Waals surface area contributed by atoms with E-state index in [1.54, 1.807) is 0 Å². The molecule has 0 aromatic rings. The number of allylic oxidation sites excluding steroid dienone is 1. The summed E-state index contributed by atoms with van der Waals surface area (Å²) in [6, 6.07) is 0. The minimum atomic E-state index is -4.76. The molecule has 0 aliphatic carbocycles. The molecule has 1 rings (SSSR count). The predicted octanol–water partition coefficient (Wildman–Crippen LogP) is 11.5. The highest BCUT2D eigenvalue weighted by Gasteiger charge is 2.36. The number of phosphoric acid groups is 1. The molecule has 10 heteroatoms. The predicted molar refractivity (Wildman–Crippen MR) is 206 cm³/mol. The molecule has 0 amide bonds. The van der Waals surface area contributed by atoms with E-state index in [1.807, 2.05) is 0 Å². The van der Waals surface area contributed by atoms with Crippen molar-refractivity contribution < 1.29 is 42.7 Å². The van der Waals surface area contributed by atoms with E-state index in [0.29, 0.717) is 18.6 Å². The molecule has 0 spiro atoms. The third-order valence-electron chi connectivity index (χ3n) is 9.64. The average Bonchev–Trinajstić information content (AvgIpc) is 3.83. The van der Waals surface area contributed by atoms with Gasteiger partial charge in [0.2, 0.25) is 0 Å². The lowest BCUT2D eigenvalue weighted by atomic mass is 10.0. The van der Waals surface area contributed by atoms with Crippen molar-refractivity contribution in [1.82, 2.24) is 0 Å². The smallest absolute Gasteiger partial charge is 0.462 e. The van der Waals surface area contributed by atoms with Gasteiger partial charge in [0.05, 0.1) is 18.8 Å². The van der Waals surface area contributed by atoms with E-state index in [2.05, 4.69) is 37.4 Å². The summed E-state index contributed by atoms with van der Waals surface area (Å²) in [7, 11) is -4.76. The van der Waals surface area contributed by atoms with Gasteiger partial charge in [0.1, 0.15) is 6.61 Å². The van der Waals surface area contributed by atoms with Crippen LogP contribution in [0.2, 0.25) is 0 Å². The molecule has 1 aliphatic heterocycles. The van der Waals surface area contributed by atoms with Crippen molar-refractivity contribution in [3.63, 3.8) is 0 Å². The lowest BCUT2D eigenvalue weighted by Crippen LogP contribution is -2.29. The molecule has 9 nitrogen and oxygen atoms in total. The number of rotatable bonds is 37. The molecule has 1 saturated heterocycles. The van der Waals surface area contributed by atoms with E-state index in [9.17, 15) is 14.2 Å². The molecule has 2 unspecified atom stereocenters. The summed E-state index contributed by atoms with van der Waals surface area (Å²) in [4.78, 5) is 42.9. The molecule has 51 heavy (non-hydrogen) atoms. The van der Waals surface area contributed by atoms with Gasteiger partial charge in [-0.3, -0.25) is 14.1 Å². The number of unbranched alkanes of at least 4 members (excludes halogenated alkanes) is 20. The van der Waals surface area contributed by atoms with Gasteiger partial charge in [-0.15, -0.1) is 0 Å². The van der Waals surface area contributed by atoms with Crippen LogP contribution in [0.3, 0.4) is 0 Å².